The van der Waals surface area contributed by atoms with Crippen LogP contribution in [0.25, 0.3) is 6.08 Å². The molecule has 1 aliphatic heterocycles. The number of unbranched alkanes of at least 4 members (excludes halogenated alkanes) is 2. The number of aromatic nitrogens is 2. The summed E-state index contributed by atoms with van der Waals surface area (Å²) >= 11 is 0. The van der Waals surface area contributed by atoms with Crippen LogP contribution in [0.4, 0.5) is 0 Å². The molecule has 2 heterocycles. The molecular formula is C30H33N3O4. The second kappa shape index (κ2) is 12.7. The van der Waals surface area contributed by atoms with Crippen molar-refractivity contribution in [2.75, 3.05) is 13.2 Å². The third-order valence-electron chi connectivity index (χ3n) is 6.38. The number of amides is 1. The molecule has 1 amide bonds. The predicted molar refractivity (Wildman–Crippen MR) is 143 cm³/mol. The van der Waals surface area contributed by atoms with Gasteiger partial charge in [-0.05, 0) is 42.2 Å². The molecule has 1 unspecified atom stereocenters. The SMILES string of the molecule is CCCCCOc1ccc(C2C(C(=O)C=Cc3ccccc3)=C(O)C(=O)N2CCCn2ccnc2)cc1. The topological polar surface area (TPSA) is 84.7 Å². The lowest BCUT2D eigenvalue weighted by molar-refractivity contribution is -0.129. The summed E-state index contributed by atoms with van der Waals surface area (Å²) in [6.45, 7) is 3.83. The Morgan fingerprint density at radius 2 is 1.84 bits per heavy atom. The van der Waals surface area contributed by atoms with E-state index in [1.54, 1.807) is 23.5 Å². The number of nitrogens with zero attached hydrogens (tertiary/aromatic N) is 3. The van der Waals surface area contributed by atoms with Gasteiger partial charge in [-0.2, -0.15) is 0 Å². The van der Waals surface area contributed by atoms with Crippen molar-refractivity contribution in [3.05, 3.63) is 102 Å². The minimum absolute atomic E-state index is 0.0939. The molecule has 1 atom stereocenters. The summed E-state index contributed by atoms with van der Waals surface area (Å²) in [5, 5.41) is 10.8. The number of aliphatic hydroxyl groups excluding tert-OH is 1. The quantitative estimate of drug-likeness (QED) is 0.247. The number of carbonyl (C=O) groups excluding carboxylic acids is 2. The van der Waals surface area contributed by atoms with Crippen molar-refractivity contribution in [3.63, 3.8) is 0 Å². The van der Waals surface area contributed by atoms with Crippen molar-refractivity contribution >= 4 is 17.8 Å². The Morgan fingerprint density at radius 1 is 1.05 bits per heavy atom. The number of imidazole rings is 1. The molecule has 37 heavy (non-hydrogen) atoms. The van der Waals surface area contributed by atoms with Gasteiger partial charge in [-0.1, -0.05) is 68.3 Å². The van der Waals surface area contributed by atoms with Gasteiger partial charge in [0.15, 0.2) is 11.5 Å². The molecule has 7 nitrogen and oxygen atoms in total. The summed E-state index contributed by atoms with van der Waals surface area (Å²) in [6, 6.07) is 16.2. The van der Waals surface area contributed by atoms with Gasteiger partial charge in [-0.3, -0.25) is 9.59 Å². The lowest BCUT2D eigenvalue weighted by atomic mass is 9.95. The predicted octanol–water partition coefficient (Wildman–Crippen LogP) is 5.52. The first-order valence-corrected chi connectivity index (χ1v) is 12.8. The lowest BCUT2D eigenvalue weighted by Crippen LogP contribution is -2.32. The third kappa shape index (κ3) is 6.55. The smallest absolute Gasteiger partial charge is 0.290 e. The number of rotatable bonds is 13. The maximum absolute atomic E-state index is 13.3. The van der Waals surface area contributed by atoms with Crippen LogP contribution in [-0.4, -0.2) is 44.4 Å². The second-order valence-electron chi connectivity index (χ2n) is 9.05. The molecule has 2 aromatic carbocycles. The average Bonchev–Trinajstić information content (AvgIpc) is 3.53. The van der Waals surface area contributed by atoms with Crippen molar-refractivity contribution < 1.29 is 19.4 Å². The molecule has 1 aromatic heterocycles. The highest BCUT2D eigenvalue weighted by Gasteiger charge is 2.42. The highest BCUT2D eigenvalue weighted by atomic mass is 16.5. The maximum atomic E-state index is 13.3. The van der Waals surface area contributed by atoms with Crippen LogP contribution in [0.5, 0.6) is 5.75 Å². The van der Waals surface area contributed by atoms with Gasteiger partial charge in [0.1, 0.15) is 5.75 Å². The first-order chi connectivity index (χ1) is 18.1. The largest absolute Gasteiger partial charge is 0.503 e. The Kier molecular flexibility index (Phi) is 8.92. The summed E-state index contributed by atoms with van der Waals surface area (Å²) in [6.07, 6.45) is 12.3. The van der Waals surface area contributed by atoms with E-state index in [0.29, 0.717) is 26.1 Å². The maximum Gasteiger partial charge on any atom is 0.290 e. The second-order valence-corrected chi connectivity index (χ2v) is 9.05. The Labute approximate surface area is 217 Å². The molecule has 192 valence electrons. The van der Waals surface area contributed by atoms with Crippen LogP contribution in [-0.2, 0) is 16.1 Å². The molecule has 4 rings (SSSR count). The summed E-state index contributed by atoms with van der Waals surface area (Å²) in [5.41, 5.74) is 1.70. The fraction of sp³-hybridized carbons (Fsp3) is 0.300. The summed E-state index contributed by atoms with van der Waals surface area (Å²) in [4.78, 5) is 32.1. The first kappa shape index (κ1) is 25.9. The molecule has 0 spiro atoms. The number of ketones is 1. The van der Waals surface area contributed by atoms with E-state index in [2.05, 4.69) is 11.9 Å². The van der Waals surface area contributed by atoms with Gasteiger partial charge < -0.3 is 19.3 Å². The molecule has 7 heteroatoms. The van der Waals surface area contributed by atoms with Crippen LogP contribution >= 0.6 is 0 Å². The highest BCUT2D eigenvalue weighted by Crippen LogP contribution is 2.38. The number of ether oxygens (including phenoxy) is 1. The van der Waals surface area contributed by atoms with E-state index in [9.17, 15) is 14.7 Å². The number of aliphatic hydroxyl groups is 1. The van der Waals surface area contributed by atoms with Crippen LogP contribution < -0.4 is 4.74 Å². The third-order valence-corrected chi connectivity index (χ3v) is 6.38. The molecule has 0 aliphatic carbocycles. The molecule has 0 bridgehead atoms. The average molecular weight is 500 g/mol. The van der Waals surface area contributed by atoms with E-state index in [-0.39, 0.29) is 5.57 Å². The number of aryl methyl sites for hydroxylation is 1. The Balaban J connectivity index is 1.56. The first-order valence-electron chi connectivity index (χ1n) is 12.8. The zero-order valence-electron chi connectivity index (χ0n) is 21.1. The van der Waals surface area contributed by atoms with Gasteiger partial charge in [0, 0.05) is 25.5 Å². The summed E-state index contributed by atoms with van der Waals surface area (Å²) in [7, 11) is 0. The number of benzene rings is 2. The zero-order valence-corrected chi connectivity index (χ0v) is 21.1. The fourth-order valence-electron chi connectivity index (χ4n) is 4.44. The number of hydrogen-bond donors (Lipinski definition) is 1. The van der Waals surface area contributed by atoms with E-state index in [1.807, 2.05) is 65.4 Å². The van der Waals surface area contributed by atoms with E-state index >= 15 is 0 Å². The fourth-order valence-corrected chi connectivity index (χ4v) is 4.44. The van der Waals surface area contributed by atoms with Crippen LogP contribution in [0.15, 0.2) is 90.7 Å². The van der Waals surface area contributed by atoms with Crippen molar-refractivity contribution in [2.45, 2.75) is 45.2 Å². The molecule has 0 radical (unpaired) electrons. The number of carbonyl (C=O) groups is 2. The Hall–Kier alpha value is -4.13. The van der Waals surface area contributed by atoms with Crippen molar-refractivity contribution in [1.82, 2.24) is 14.5 Å². The zero-order chi connectivity index (χ0) is 26.0. The van der Waals surface area contributed by atoms with Gasteiger partial charge in [0.25, 0.3) is 5.91 Å². The molecule has 0 fully saturated rings. The normalized spacial score (nSPS) is 15.6. The van der Waals surface area contributed by atoms with Gasteiger partial charge in [-0.15, -0.1) is 0 Å². The summed E-state index contributed by atoms with van der Waals surface area (Å²) < 4.78 is 7.77. The van der Waals surface area contributed by atoms with E-state index in [1.165, 1.54) is 6.08 Å². The van der Waals surface area contributed by atoms with Gasteiger partial charge >= 0.3 is 0 Å². The molecule has 0 saturated carbocycles. The lowest BCUT2D eigenvalue weighted by Gasteiger charge is -2.27. The molecular weight excluding hydrogens is 466 g/mol. The number of hydrogen-bond acceptors (Lipinski definition) is 5. The van der Waals surface area contributed by atoms with Crippen molar-refractivity contribution in [1.29, 1.82) is 0 Å². The van der Waals surface area contributed by atoms with Gasteiger partial charge in [0.2, 0.25) is 0 Å². The van der Waals surface area contributed by atoms with Crippen LogP contribution in [0.2, 0.25) is 0 Å². The summed E-state index contributed by atoms with van der Waals surface area (Å²) in [5.74, 6) is -0.681. The monoisotopic (exact) mass is 499 g/mol. The standard InChI is InChI=1S/C30H33N3O4/c1-2-3-7-21-37-25-14-12-24(13-15-25)28-27(26(34)16-11-23-9-5-4-6-10-23)29(35)30(36)33(28)19-8-18-32-20-17-31-22-32/h4-6,9-17,20,22,28,35H,2-3,7-8,18-19,21H2,1H3. The Bertz CT molecular complexity index is 1230. The van der Waals surface area contributed by atoms with Crippen molar-refractivity contribution in [2.24, 2.45) is 0 Å². The minimum atomic E-state index is -0.683. The van der Waals surface area contributed by atoms with Gasteiger partial charge in [-0.25, -0.2) is 4.98 Å². The van der Waals surface area contributed by atoms with Crippen LogP contribution in [0.1, 0.15) is 49.8 Å². The van der Waals surface area contributed by atoms with Crippen LogP contribution in [0.3, 0.4) is 0 Å². The van der Waals surface area contributed by atoms with E-state index in [4.69, 9.17) is 4.74 Å². The molecule has 3 aromatic rings. The molecule has 1 aliphatic rings. The minimum Gasteiger partial charge on any atom is -0.503 e. The van der Waals surface area contributed by atoms with E-state index in [0.717, 1.165) is 36.1 Å². The molecule has 1 N–H and O–H groups in total. The number of allylic oxidation sites excluding steroid dienone is 1. The Morgan fingerprint density at radius 3 is 2.54 bits per heavy atom. The van der Waals surface area contributed by atoms with Crippen molar-refractivity contribution in [3.8, 4) is 5.75 Å². The van der Waals surface area contributed by atoms with E-state index < -0.39 is 23.5 Å². The van der Waals surface area contributed by atoms with Gasteiger partial charge in [0.05, 0.1) is 24.5 Å². The van der Waals surface area contributed by atoms with Crippen LogP contribution in [0, 0.1) is 0 Å². The molecule has 0 saturated heterocycles. The highest BCUT2D eigenvalue weighted by molar-refractivity contribution is 6.14.